The van der Waals surface area contributed by atoms with E-state index in [0.29, 0.717) is 17.6 Å². The summed E-state index contributed by atoms with van der Waals surface area (Å²) in [5, 5.41) is 4.47. The third kappa shape index (κ3) is 3.57. The Morgan fingerprint density at radius 2 is 1.17 bits per heavy atom. The first-order valence-electron chi connectivity index (χ1n) is 16.0. The van der Waals surface area contributed by atoms with Gasteiger partial charge in [-0.3, -0.25) is 4.57 Å². The molecule has 3 aromatic heterocycles. The SMILES string of the molecule is CC1(C)c2ccccc2-c2c1c1c(c3ccccc3n1-c1nc(-c3ccccc3)nc(-c3ccccc3)n1)c1oc3ccccc3c21. The van der Waals surface area contributed by atoms with Crippen LogP contribution < -0.4 is 0 Å². The quantitative estimate of drug-likeness (QED) is 0.201. The number of para-hydroxylation sites is 2. The summed E-state index contributed by atoms with van der Waals surface area (Å²) < 4.78 is 9.11. The maximum atomic E-state index is 6.85. The van der Waals surface area contributed by atoms with E-state index in [-0.39, 0.29) is 5.41 Å². The third-order valence-electron chi connectivity index (χ3n) is 9.82. The molecule has 0 bridgehead atoms. The zero-order valence-electron chi connectivity index (χ0n) is 25.9. The molecule has 3 heterocycles. The van der Waals surface area contributed by atoms with Crippen LogP contribution in [0.1, 0.15) is 25.0 Å². The van der Waals surface area contributed by atoms with Gasteiger partial charge >= 0.3 is 0 Å². The Kier molecular flexibility index (Phi) is 5.28. The van der Waals surface area contributed by atoms with E-state index in [1.54, 1.807) is 0 Å². The first kappa shape index (κ1) is 26.2. The summed E-state index contributed by atoms with van der Waals surface area (Å²) in [7, 11) is 0. The van der Waals surface area contributed by atoms with Crippen molar-refractivity contribution in [3.63, 3.8) is 0 Å². The van der Waals surface area contributed by atoms with Gasteiger partial charge in [-0.1, -0.05) is 135 Å². The monoisotopic (exact) mass is 604 g/mol. The number of fused-ring (bicyclic) bond motifs is 12. The van der Waals surface area contributed by atoms with Gasteiger partial charge in [-0.05, 0) is 34.4 Å². The molecule has 47 heavy (non-hydrogen) atoms. The molecule has 6 aromatic carbocycles. The minimum absolute atomic E-state index is 0.305. The predicted octanol–water partition coefficient (Wildman–Crippen LogP) is 10.5. The lowest BCUT2D eigenvalue weighted by Gasteiger charge is -2.23. The van der Waals surface area contributed by atoms with E-state index in [4.69, 9.17) is 19.4 Å². The highest BCUT2D eigenvalue weighted by Crippen LogP contribution is 2.57. The van der Waals surface area contributed by atoms with Gasteiger partial charge in [0.15, 0.2) is 11.6 Å². The Labute approximate surface area is 270 Å². The zero-order valence-corrected chi connectivity index (χ0v) is 25.9. The van der Waals surface area contributed by atoms with Gasteiger partial charge in [-0.15, -0.1) is 0 Å². The second-order valence-electron chi connectivity index (χ2n) is 12.8. The molecule has 5 nitrogen and oxygen atoms in total. The lowest BCUT2D eigenvalue weighted by molar-refractivity contribution is 0.661. The van der Waals surface area contributed by atoms with Gasteiger partial charge in [0.2, 0.25) is 5.95 Å². The molecule has 0 saturated heterocycles. The maximum Gasteiger partial charge on any atom is 0.238 e. The number of rotatable bonds is 3. The summed E-state index contributed by atoms with van der Waals surface area (Å²) in [5.41, 5.74) is 10.5. The Hall–Kier alpha value is -6.07. The minimum atomic E-state index is -0.305. The van der Waals surface area contributed by atoms with Crippen LogP contribution >= 0.6 is 0 Å². The highest BCUT2D eigenvalue weighted by Gasteiger charge is 2.41. The molecule has 0 N–H and O–H groups in total. The second-order valence-corrected chi connectivity index (χ2v) is 12.8. The van der Waals surface area contributed by atoms with Crippen LogP contribution in [0, 0.1) is 0 Å². The molecule has 0 unspecified atom stereocenters. The maximum absolute atomic E-state index is 6.85. The van der Waals surface area contributed by atoms with Crippen LogP contribution in [0.15, 0.2) is 138 Å². The first-order chi connectivity index (χ1) is 23.1. The fourth-order valence-corrected chi connectivity index (χ4v) is 7.78. The molecule has 0 radical (unpaired) electrons. The lowest BCUT2D eigenvalue weighted by Crippen LogP contribution is -2.17. The van der Waals surface area contributed by atoms with E-state index in [2.05, 4.69) is 109 Å². The van der Waals surface area contributed by atoms with E-state index in [0.717, 1.165) is 54.9 Å². The van der Waals surface area contributed by atoms with Crippen LogP contribution in [-0.4, -0.2) is 19.5 Å². The molecule has 0 fully saturated rings. The highest BCUT2D eigenvalue weighted by molar-refractivity contribution is 6.30. The van der Waals surface area contributed by atoms with Gasteiger partial charge in [-0.2, -0.15) is 9.97 Å². The van der Waals surface area contributed by atoms with Crippen molar-refractivity contribution in [1.29, 1.82) is 0 Å². The number of benzene rings is 6. The van der Waals surface area contributed by atoms with Crippen LogP contribution in [0.25, 0.3) is 83.6 Å². The van der Waals surface area contributed by atoms with Crippen molar-refractivity contribution < 1.29 is 4.42 Å². The normalized spacial score (nSPS) is 13.5. The molecule has 5 heteroatoms. The molecule has 1 aliphatic rings. The average Bonchev–Trinajstić information content (AvgIpc) is 3.75. The number of hydrogen-bond acceptors (Lipinski definition) is 4. The molecule has 0 aliphatic heterocycles. The van der Waals surface area contributed by atoms with E-state index in [1.807, 2.05) is 42.5 Å². The largest absolute Gasteiger partial charge is 0.455 e. The van der Waals surface area contributed by atoms with E-state index >= 15 is 0 Å². The average molecular weight is 605 g/mol. The van der Waals surface area contributed by atoms with Gasteiger partial charge in [-0.25, -0.2) is 4.98 Å². The highest BCUT2D eigenvalue weighted by atomic mass is 16.3. The number of furan rings is 1. The second kappa shape index (κ2) is 9.47. The number of nitrogens with zero attached hydrogens (tertiary/aromatic N) is 4. The smallest absolute Gasteiger partial charge is 0.238 e. The molecule has 9 aromatic rings. The standard InChI is InChI=1S/C42H28N4O/c1-42(2)30-22-12-9-19-27(30)33-34-29-21-11-14-24-32(29)47-38(34)35-28-20-10-13-23-31(28)46(37(35)36(33)42)41-44-39(25-15-5-3-6-16-25)43-40(45-41)26-17-7-4-8-18-26/h3-24H,1-2H3. The Morgan fingerprint density at radius 3 is 1.89 bits per heavy atom. The van der Waals surface area contributed by atoms with E-state index < -0.39 is 0 Å². The molecule has 0 amide bonds. The summed E-state index contributed by atoms with van der Waals surface area (Å²) in [6.45, 7) is 4.68. The van der Waals surface area contributed by atoms with Crippen molar-refractivity contribution >= 4 is 43.7 Å². The number of aromatic nitrogens is 4. The van der Waals surface area contributed by atoms with Crippen LogP contribution in [0.2, 0.25) is 0 Å². The molecule has 10 rings (SSSR count). The summed E-state index contributed by atoms with van der Waals surface area (Å²) in [4.78, 5) is 15.5. The van der Waals surface area contributed by atoms with E-state index in [1.165, 1.54) is 22.3 Å². The Morgan fingerprint density at radius 1 is 0.574 bits per heavy atom. The zero-order chi connectivity index (χ0) is 31.3. The number of hydrogen-bond donors (Lipinski definition) is 0. The van der Waals surface area contributed by atoms with Gasteiger partial charge in [0, 0.05) is 32.7 Å². The Balaban J connectivity index is 1.44. The van der Waals surface area contributed by atoms with Gasteiger partial charge < -0.3 is 4.42 Å². The van der Waals surface area contributed by atoms with Gasteiger partial charge in [0.1, 0.15) is 11.2 Å². The van der Waals surface area contributed by atoms with Crippen molar-refractivity contribution in [2.45, 2.75) is 19.3 Å². The molecule has 222 valence electrons. The summed E-state index contributed by atoms with van der Waals surface area (Å²) >= 11 is 0. The fourth-order valence-electron chi connectivity index (χ4n) is 7.78. The van der Waals surface area contributed by atoms with Crippen molar-refractivity contribution in [2.24, 2.45) is 0 Å². The molecular formula is C42H28N4O. The van der Waals surface area contributed by atoms with Crippen molar-refractivity contribution in [3.8, 4) is 39.9 Å². The van der Waals surface area contributed by atoms with Crippen molar-refractivity contribution in [2.75, 3.05) is 0 Å². The van der Waals surface area contributed by atoms with Crippen molar-refractivity contribution in [3.05, 3.63) is 145 Å². The topological polar surface area (TPSA) is 56.7 Å². The van der Waals surface area contributed by atoms with Gasteiger partial charge in [0.05, 0.1) is 16.4 Å². The predicted molar refractivity (Wildman–Crippen MR) is 190 cm³/mol. The molecule has 1 aliphatic carbocycles. The van der Waals surface area contributed by atoms with Crippen LogP contribution in [0.5, 0.6) is 0 Å². The summed E-state index contributed by atoms with van der Waals surface area (Å²) in [6.07, 6.45) is 0. The molecule has 0 atom stereocenters. The van der Waals surface area contributed by atoms with Gasteiger partial charge in [0.25, 0.3) is 0 Å². The Bertz CT molecular complexity index is 2640. The molecular weight excluding hydrogens is 576 g/mol. The molecule has 0 saturated carbocycles. The molecule has 0 spiro atoms. The van der Waals surface area contributed by atoms with Crippen molar-refractivity contribution in [1.82, 2.24) is 19.5 Å². The fraction of sp³-hybridized carbons (Fsp3) is 0.0714. The van der Waals surface area contributed by atoms with Crippen LogP contribution in [0.4, 0.5) is 0 Å². The summed E-state index contributed by atoms with van der Waals surface area (Å²) in [6, 6.07) is 46.1. The van der Waals surface area contributed by atoms with Crippen LogP contribution in [-0.2, 0) is 5.41 Å². The third-order valence-corrected chi connectivity index (χ3v) is 9.82. The summed E-state index contributed by atoms with van der Waals surface area (Å²) in [5.74, 6) is 1.84. The van der Waals surface area contributed by atoms with E-state index in [9.17, 15) is 0 Å². The first-order valence-corrected chi connectivity index (χ1v) is 16.0. The lowest BCUT2D eigenvalue weighted by atomic mass is 9.81. The minimum Gasteiger partial charge on any atom is -0.455 e. The van der Waals surface area contributed by atoms with Crippen LogP contribution in [0.3, 0.4) is 0 Å².